The first-order chi connectivity index (χ1) is 9.63. The maximum atomic E-state index is 12.5. The molecule has 1 rings (SSSR count). The normalized spacial score (nSPS) is 13.8. The Balaban J connectivity index is 3.23. The van der Waals surface area contributed by atoms with E-state index in [0.717, 1.165) is 0 Å². The number of nitrogens with two attached hydrogens (primary N) is 1. The molecule has 0 amide bonds. The summed E-state index contributed by atoms with van der Waals surface area (Å²) in [5.74, 6) is -0.698. The average molecular weight is 314 g/mol. The van der Waals surface area contributed by atoms with Gasteiger partial charge in [0.25, 0.3) is 0 Å². The number of hydrogen-bond acceptors (Lipinski definition) is 5. The van der Waals surface area contributed by atoms with Crippen LogP contribution in [-0.4, -0.2) is 34.1 Å². The number of sulfonamides is 1. The largest absolute Gasteiger partial charge is 0.465 e. The highest BCUT2D eigenvalue weighted by Gasteiger charge is 2.30. The molecule has 7 heteroatoms. The Kier molecular flexibility index (Phi) is 5.49. The van der Waals surface area contributed by atoms with Crippen LogP contribution >= 0.6 is 0 Å². The van der Waals surface area contributed by atoms with E-state index in [2.05, 4.69) is 9.46 Å². The summed E-state index contributed by atoms with van der Waals surface area (Å²) >= 11 is 0. The summed E-state index contributed by atoms with van der Waals surface area (Å²) in [6, 6.07) is 5.46. The van der Waals surface area contributed by atoms with E-state index in [-0.39, 0.29) is 22.4 Å². The van der Waals surface area contributed by atoms with Crippen molar-refractivity contribution < 1.29 is 17.9 Å². The van der Waals surface area contributed by atoms with Gasteiger partial charge in [0.05, 0.1) is 17.6 Å². The van der Waals surface area contributed by atoms with Crippen LogP contribution in [0.1, 0.15) is 31.1 Å². The lowest BCUT2D eigenvalue weighted by Crippen LogP contribution is -2.48. The second-order valence-corrected chi connectivity index (χ2v) is 7.45. The molecule has 3 N–H and O–H groups in total. The average Bonchev–Trinajstić information content (AvgIpc) is 2.42. The summed E-state index contributed by atoms with van der Waals surface area (Å²) in [4.78, 5) is 11.6. The summed E-state index contributed by atoms with van der Waals surface area (Å²) in [7, 11) is -2.67. The van der Waals surface area contributed by atoms with Crippen molar-refractivity contribution in [2.24, 2.45) is 11.1 Å². The summed E-state index contributed by atoms with van der Waals surface area (Å²) < 4.78 is 32.2. The SMILES string of the molecule is COC(=O)c1ccccc1S(=O)(=O)NC(CN)C(C)(C)C. The van der Waals surface area contributed by atoms with Crippen LogP contribution < -0.4 is 10.5 Å². The fourth-order valence-corrected chi connectivity index (χ4v) is 3.46. The van der Waals surface area contributed by atoms with Crippen LogP contribution in [-0.2, 0) is 14.8 Å². The number of methoxy groups -OCH3 is 1. The molecule has 118 valence electrons. The van der Waals surface area contributed by atoms with E-state index in [4.69, 9.17) is 5.73 Å². The molecule has 0 aromatic heterocycles. The molecule has 0 bridgehead atoms. The van der Waals surface area contributed by atoms with Gasteiger partial charge in [-0.2, -0.15) is 0 Å². The zero-order valence-corrected chi connectivity index (χ0v) is 13.5. The van der Waals surface area contributed by atoms with Gasteiger partial charge >= 0.3 is 5.97 Å². The number of rotatable bonds is 5. The fraction of sp³-hybridized carbons (Fsp3) is 0.500. The Morgan fingerprint density at radius 1 is 1.33 bits per heavy atom. The molecule has 0 aliphatic heterocycles. The number of ether oxygens (including phenoxy) is 1. The van der Waals surface area contributed by atoms with E-state index in [1.165, 1.54) is 19.2 Å². The van der Waals surface area contributed by atoms with Crippen molar-refractivity contribution in [2.45, 2.75) is 31.7 Å². The van der Waals surface area contributed by atoms with E-state index < -0.39 is 22.0 Å². The third-order valence-electron chi connectivity index (χ3n) is 3.16. The highest BCUT2D eigenvalue weighted by atomic mass is 32.2. The Bertz CT molecular complexity index is 606. The van der Waals surface area contributed by atoms with Crippen LogP contribution in [0, 0.1) is 5.41 Å². The summed E-state index contributed by atoms with van der Waals surface area (Å²) in [5, 5.41) is 0. The first-order valence-corrected chi connectivity index (χ1v) is 8.01. The van der Waals surface area contributed by atoms with Crippen LogP contribution in [0.3, 0.4) is 0 Å². The molecule has 1 aromatic carbocycles. The molecule has 0 aliphatic carbocycles. The van der Waals surface area contributed by atoms with Crippen molar-refractivity contribution in [3.05, 3.63) is 29.8 Å². The Hall–Kier alpha value is -1.44. The highest BCUT2D eigenvalue weighted by molar-refractivity contribution is 7.89. The molecule has 0 aliphatic rings. The molecule has 1 aromatic rings. The number of carbonyl (C=O) groups excluding carboxylic acids is 1. The third kappa shape index (κ3) is 4.26. The van der Waals surface area contributed by atoms with Crippen molar-refractivity contribution in [1.82, 2.24) is 4.72 Å². The Labute approximate surface area is 125 Å². The third-order valence-corrected chi connectivity index (χ3v) is 4.69. The van der Waals surface area contributed by atoms with Gasteiger partial charge < -0.3 is 10.5 Å². The van der Waals surface area contributed by atoms with E-state index >= 15 is 0 Å². The number of nitrogens with one attached hydrogen (secondary N) is 1. The van der Waals surface area contributed by atoms with Crippen LogP contribution in [0.25, 0.3) is 0 Å². The second-order valence-electron chi connectivity index (χ2n) is 5.76. The van der Waals surface area contributed by atoms with Gasteiger partial charge in [0.2, 0.25) is 10.0 Å². The second kappa shape index (κ2) is 6.55. The van der Waals surface area contributed by atoms with Gasteiger partial charge in [-0.25, -0.2) is 17.9 Å². The minimum absolute atomic E-state index is 0.00261. The fourth-order valence-electron chi connectivity index (χ4n) is 1.81. The molecular weight excluding hydrogens is 292 g/mol. The maximum absolute atomic E-state index is 12.5. The Morgan fingerprint density at radius 2 is 1.90 bits per heavy atom. The molecule has 21 heavy (non-hydrogen) atoms. The molecule has 1 atom stereocenters. The van der Waals surface area contributed by atoms with Crippen molar-refractivity contribution >= 4 is 16.0 Å². The molecule has 0 spiro atoms. The lowest BCUT2D eigenvalue weighted by Gasteiger charge is -2.30. The minimum atomic E-state index is -3.87. The summed E-state index contributed by atoms with van der Waals surface area (Å²) in [6.45, 7) is 5.82. The van der Waals surface area contributed by atoms with E-state index in [1.807, 2.05) is 20.8 Å². The lowest BCUT2D eigenvalue weighted by molar-refractivity contribution is 0.0596. The lowest BCUT2D eigenvalue weighted by atomic mass is 9.88. The van der Waals surface area contributed by atoms with Gasteiger partial charge in [-0.05, 0) is 17.5 Å². The Morgan fingerprint density at radius 3 is 2.38 bits per heavy atom. The summed E-state index contributed by atoms with van der Waals surface area (Å²) in [5.41, 5.74) is 5.30. The van der Waals surface area contributed by atoms with Crippen LogP contribution in [0.5, 0.6) is 0 Å². The zero-order chi connectivity index (χ0) is 16.3. The minimum Gasteiger partial charge on any atom is -0.465 e. The first-order valence-electron chi connectivity index (χ1n) is 6.53. The summed E-state index contributed by atoms with van der Waals surface area (Å²) in [6.07, 6.45) is 0. The number of hydrogen-bond donors (Lipinski definition) is 2. The van der Waals surface area contributed by atoms with E-state index in [0.29, 0.717) is 0 Å². The topological polar surface area (TPSA) is 98.5 Å². The molecule has 0 saturated carbocycles. The van der Waals surface area contributed by atoms with Gasteiger partial charge in [-0.15, -0.1) is 0 Å². The molecule has 0 fully saturated rings. The van der Waals surface area contributed by atoms with Crippen molar-refractivity contribution in [1.29, 1.82) is 0 Å². The zero-order valence-electron chi connectivity index (χ0n) is 12.7. The molecule has 0 radical (unpaired) electrons. The van der Waals surface area contributed by atoms with Gasteiger partial charge in [-0.1, -0.05) is 32.9 Å². The molecule has 1 unspecified atom stereocenters. The van der Waals surface area contributed by atoms with E-state index in [9.17, 15) is 13.2 Å². The maximum Gasteiger partial charge on any atom is 0.339 e. The smallest absolute Gasteiger partial charge is 0.339 e. The van der Waals surface area contributed by atoms with Crippen LogP contribution in [0.2, 0.25) is 0 Å². The van der Waals surface area contributed by atoms with Gasteiger partial charge in [0, 0.05) is 12.6 Å². The molecule has 0 heterocycles. The number of esters is 1. The van der Waals surface area contributed by atoms with Crippen molar-refractivity contribution in [3.63, 3.8) is 0 Å². The molecule has 0 saturated heterocycles. The highest BCUT2D eigenvalue weighted by Crippen LogP contribution is 2.22. The number of benzene rings is 1. The first kappa shape index (κ1) is 17.6. The predicted molar refractivity (Wildman–Crippen MR) is 80.4 cm³/mol. The van der Waals surface area contributed by atoms with Gasteiger partial charge in [0.1, 0.15) is 0 Å². The van der Waals surface area contributed by atoms with Gasteiger partial charge in [0.15, 0.2) is 0 Å². The van der Waals surface area contributed by atoms with Crippen LogP contribution in [0.15, 0.2) is 29.2 Å². The standard InChI is InChI=1S/C14H22N2O4S/c1-14(2,3)12(9-15)16-21(18,19)11-8-6-5-7-10(11)13(17)20-4/h5-8,12,16H,9,15H2,1-4H3. The van der Waals surface area contributed by atoms with Crippen LogP contribution in [0.4, 0.5) is 0 Å². The molecular formula is C14H22N2O4S. The predicted octanol–water partition coefficient (Wildman–Crippen LogP) is 1.12. The van der Waals surface area contributed by atoms with Gasteiger partial charge in [-0.3, -0.25) is 0 Å². The van der Waals surface area contributed by atoms with E-state index in [1.54, 1.807) is 12.1 Å². The number of carbonyl (C=O) groups is 1. The van der Waals surface area contributed by atoms with Crippen molar-refractivity contribution in [3.8, 4) is 0 Å². The quantitative estimate of drug-likeness (QED) is 0.794. The molecule has 6 nitrogen and oxygen atoms in total. The monoisotopic (exact) mass is 314 g/mol. The van der Waals surface area contributed by atoms with Crippen molar-refractivity contribution in [2.75, 3.05) is 13.7 Å².